The molecule has 0 unspecified atom stereocenters. The van der Waals surface area contributed by atoms with Gasteiger partial charge in [-0.15, -0.1) is 0 Å². The summed E-state index contributed by atoms with van der Waals surface area (Å²) >= 11 is 0. The number of rotatable bonds is 4. The smallest absolute Gasteiger partial charge is 0.310 e. The van der Waals surface area contributed by atoms with Gasteiger partial charge in [0.25, 0.3) is 0 Å². The average molecular weight is 354 g/mol. The predicted octanol–water partition coefficient (Wildman–Crippen LogP) is 3.90. The second-order valence-electron chi connectivity index (χ2n) is 6.50. The fourth-order valence-electron chi connectivity index (χ4n) is 3.53. The second-order valence-corrected chi connectivity index (χ2v) is 9.44. The van der Waals surface area contributed by atoms with E-state index in [1.807, 2.05) is 87.5 Å². The van der Waals surface area contributed by atoms with Crippen molar-refractivity contribution in [3.63, 3.8) is 0 Å². The molecular weight excluding hydrogens is 331 g/mol. The van der Waals surface area contributed by atoms with E-state index in [0.717, 1.165) is 16.2 Å². The van der Waals surface area contributed by atoms with E-state index in [1.54, 1.807) is 0 Å². The van der Waals surface area contributed by atoms with Gasteiger partial charge in [0.1, 0.15) is 6.10 Å². The van der Waals surface area contributed by atoms with Crippen molar-refractivity contribution in [1.29, 1.82) is 0 Å². The summed E-state index contributed by atoms with van der Waals surface area (Å²) in [5, 5.41) is 1.54. The Morgan fingerprint density at radius 1 is 1.00 bits per heavy atom. The first-order valence-electron chi connectivity index (χ1n) is 8.54. The topological polar surface area (TPSA) is 43.4 Å². The number of allylic oxidation sites excluding steroid dienone is 1. The van der Waals surface area contributed by atoms with E-state index in [9.17, 15) is 9.36 Å². The summed E-state index contributed by atoms with van der Waals surface area (Å²) in [7, 11) is -3.08. The predicted molar refractivity (Wildman–Crippen MR) is 102 cm³/mol. The van der Waals surface area contributed by atoms with Crippen molar-refractivity contribution in [2.24, 2.45) is 5.92 Å². The Morgan fingerprint density at radius 2 is 1.48 bits per heavy atom. The van der Waals surface area contributed by atoms with Crippen molar-refractivity contribution in [2.45, 2.75) is 32.5 Å². The third-order valence-corrected chi connectivity index (χ3v) is 8.73. The zero-order chi connectivity index (χ0) is 18.0. The number of esters is 1. The van der Waals surface area contributed by atoms with Gasteiger partial charge in [0.05, 0.1) is 11.6 Å². The molecule has 2 aromatic rings. The van der Waals surface area contributed by atoms with E-state index in [4.69, 9.17) is 4.74 Å². The number of benzene rings is 2. The van der Waals surface area contributed by atoms with Crippen LogP contribution in [0.2, 0.25) is 0 Å². The summed E-state index contributed by atoms with van der Waals surface area (Å²) in [5.41, 5.74) is 0.538. The Bertz CT molecular complexity index is 783. The fraction of sp³-hybridized carbons (Fsp3) is 0.286. The van der Waals surface area contributed by atoms with Gasteiger partial charge in [-0.2, -0.15) is 0 Å². The average Bonchev–Trinajstić information content (AvgIpc) is 2.97. The van der Waals surface area contributed by atoms with Gasteiger partial charge in [0, 0.05) is 10.6 Å². The Hall–Kier alpha value is -2.12. The number of carbonyl (C=O) groups excluding carboxylic acids is 1. The summed E-state index contributed by atoms with van der Waals surface area (Å²) in [5.74, 6) is -0.700. The molecule has 1 aliphatic rings. The molecule has 130 valence electrons. The first-order chi connectivity index (χ1) is 12.0. The lowest BCUT2D eigenvalue weighted by molar-refractivity contribution is -0.142. The largest absolute Gasteiger partial charge is 0.457 e. The molecule has 0 amide bonds. The zero-order valence-electron chi connectivity index (χ0n) is 14.8. The molecule has 25 heavy (non-hydrogen) atoms. The lowest BCUT2D eigenvalue weighted by Crippen LogP contribution is -2.35. The maximum Gasteiger partial charge on any atom is 0.310 e. The van der Waals surface area contributed by atoms with Gasteiger partial charge in [-0.1, -0.05) is 73.7 Å². The van der Waals surface area contributed by atoms with E-state index < -0.39 is 24.8 Å². The van der Waals surface area contributed by atoms with Crippen LogP contribution in [0, 0.1) is 5.92 Å². The van der Waals surface area contributed by atoms with Gasteiger partial charge in [-0.3, -0.25) is 4.79 Å². The lowest BCUT2D eigenvalue weighted by Gasteiger charge is -2.30. The zero-order valence-corrected chi connectivity index (χ0v) is 15.6. The highest BCUT2D eigenvalue weighted by Crippen LogP contribution is 2.56. The highest BCUT2D eigenvalue weighted by atomic mass is 31.2. The second kappa shape index (κ2) is 7.01. The standard InChI is InChI=1S/C21H23O3P/c1-4-15(2)19-20(16(3)21(22)24-19)25(23,17-11-7-5-8-12-17)18-13-9-6-10-14-18/h4-14,16,19-20H,1-3H3/b15-4+/t16-,19-,20-/m0/s1. The van der Waals surface area contributed by atoms with Crippen LogP contribution in [-0.2, 0) is 14.1 Å². The minimum absolute atomic E-state index is 0.275. The molecule has 0 N–H and O–H groups in total. The van der Waals surface area contributed by atoms with Gasteiger partial charge < -0.3 is 9.30 Å². The van der Waals surface area contributed by atoms with Crippen molar-refractivity contribution in [1.82, 2.24) is 0 Å². The maximum atomic E-state index is 14.5. The van der Waals surface area contributed by atoms with Crippen molar-refractivity contribution < 1.29 is 14.1 Å². The van der Waals surface area contributed by atoms with Crippen LogP contribution in [-0.4, -0.2) is 17.7 Å². The minimum atomic E-state index is -3.08. The van der Waals surface area contributed by atoms with Gasteiger partial charge in [-0.05, 0) is 19.4 Å². The number of hydrogen-bond acceptors (Lipinski definition) is 3. The van der Waals surface area contributed by atoms with Gasteiger partial charge in [0.2, 0.25) is 0 Å². The molecule has 1 fully saturated rings. The van der Waals surface area contributed by atoms with Crippen LogP contribution in [0.1, 0.15) is 20.8 Å². The van der Waals surface area contributed by atoms with Crippen molar-refractivity contribution >= 4 is 23.7 Å². The summed E-state index contributed by atoms with van der Waals surface area (Å²) in [6, 6.07) is 19.0. The molecule has 3 rings (SSSR count). The first-order valence-corrected chi connectivity index (χ1v) is 10.3. The Labute approximate surface area is 149 Å². The molecule has 0 radical (unpaired) electrons. The highest BCUT2D eigenvalue weighted by molar-refractivity contribution is 7.79. The molecule has 1 heterocycles. The maximum absolute atomic E-state index is 14.5. The van der Waals surface area contributed by atoms with E-state index in [0.29, 0.717) is 0 Å². The van der Waals surface area contributed by atoms with Crippen molar-refractivity contribution in [2.75, 3.05) is 0 Å². The van der Waals surface area contributed by atoms with Gasteiger partial charge >= 0.3 is 5.97 Å². The van der Waals surface area contributed by atoms with Gasteiger partial charge in [0.15, 0.2) is 7.14 Å². The number of ether oxygens (including phenoxy) is 1. The van der Waals surface area contributed by atoms with Crippen LogP contribution < -0.4 is 10.6 Å². The summed E-state index contributed by atoms with van der Waals surface area (Å²) in [6.45, 7) is 5.68. The third kappa shape index (κ3) is 2.98. The quantitative estimate of drug-likeness (QED) is 0.475. The molecular formula is C21H23O3P. The minimum Gasteiger partial charge on any atom is -0.457 e. The van der Waals surface area contributed by atoms with E-state index in [2.05, 4.69) is 0 Å². The molecule has 0 aromatic heterocycles. The molecule has 3 nitrogen and oxygen atoms in total. The molecule has 1 aliphatic heterocycles. The monoisotopic (exact) mass is 354 g/mol. The molecule has 1 saturated heterocycles. The third-order valence-electron chi connectivity index (χ3n) is 5.04. The first kappa shape index (κ1) is 17.7. The Kier molecular flexibility index (Phi) is 4.96. The van der Waals surface area contributed by atoms with Crippen LogP contribution in [0.4, 0.5) is 0 Å². The van der Waals surface area contributed by atoms with Crippen molar-refractivity contribution in [3.8, 4) is 0 Å². The summed E-state index contributed by atoms with van der Waals surface area (Å²) in [6.07, 6.45) is 1.47. The summed E-state index contributed by atoms with van der Waals surface area (Å²) in [4.78, 5) is 12.4. The lowest BCUT2D eigenvalue weighted by atomic mass is 10.0. The Morgan fingerprint density at radius 3 is 1.92 bits per heavy atom. The van der Waals surface area contributed by atoms with Crippen molar-refractivity contribution in [3.05, 3.63) is 72.3 Å². The van der Waals surface area contributed by atoms with Crippen LogP contribution in [0.3, 0.4) is 0 Å². The van der Waals surface area contributed by atoms with E-state index >= 15 is 0 Å². The summed E-state index contributed by atoms with van der Waals surface area (Å²) < 4.78 is 20.2. The molecule has 4 heteroatoms. The van der Waals surface area contributed by atoms with Gasteiger partial charge in [-0.25, -0.2) is 0 Å². The van der Waals surface area contributed by atoms with E-state index in [1.165, 1.54) is 0 Å². The fourth-order valence-corrected chi connectivity index (χ4v) is 7.17. The van der Waals surface area contributed by atoms with Crippen LogP contribution in [0.5, 0.6) is 0 Å². The molecule has 0 saturated carbocycles. The number of hydrogen-bond donors (Lipinski definition) is 0. The molecule has 0 spiro atoms. The molecule has 0 aliphatic carbocycles. The number of carbonyl (C=O) groups is 1. The van der Waals surface area contributed by atoms with Crippen LogP contribution in [0.15, 0.2) is 72.3 Å². The highest BCUT2D eigenvalue weighted by Gasteiger charge is 2.53. The molecule has 3 atom stereocenters. The molecule has 0 bridgehead atoms. The van der Waals surface area contributed by atoms with Crippen LogP contribution >= 0.6 is 7.14 Å². The van der Waals surface area contributed by atoms with E-state index in [-0.39, 0.29) is 5.97 Å². The molecule has 2 aromatic carbocycles. The Balaban J connectivity index is 2.24. The number of cyclic esters (lactones) is 1. The SMILES string of the molecule is C/C=C(\C)[C@@H]1OC(=O)[C@@H](C)[C@@H]1P(=O)(c1ccccc1)c1ccccc1. The normalized spacial score (nSPS) is 24.2. The van der Waals surface area contributed by atoms with Crippen LogP contribution in [0.25, 0.3) is 0 Å².